The Morgan fingerprint density at radius 3 is 2.55 bits per heavy atom. The van der Waals surface area contributed by atoms with Crippen LogP contribution >= 0.6 is 0 Å². The fourth-order valence-corrected chi connectivity index (χ4v) is 3.69. The molecule has 3 heterocycles. The second kappa shape index (κ2) is 6.41. The Balaban J connectivity index is 1.96. The van der Waals surface area contributed by atoms with Crippen LogP contribution in [0.2, 0.25) is 0 Å². The highest BCUT2D eigenvalue weighted by molar-refractivity contribution is 5.94. The first kappa shape index (κ1) is 15.5. The van der Waals surface area contributed by atoms with E-state index in [1.807, 2.05) is 23.4 Å². The van der Waals surface area contributed by atoms with E-state index in [2.05, 4.69) is 12.0 Å². The van der Waals surface area contributed by atoms with E-state index in [0.717, 1.165) is 55.8 Å². The molecule has 0 unspecified atom stereocenters. The summed E-state index contributed by atoms with van der Waals surface area (Å²) in [4.78, 5) is 15.1. The van der Waals surface area contributed by atoms with Gasteiger partial charge in [0.15, 0.2) is 0 Å². The minimum absolute atomic E-state index is 0.0257. The largest absolute Gasteiger partial charge is 0.369 e. The lowest BCUT2D eigenvalue weighted by Crippen LogP contribution is -2.34. The second-order valence-corrected chi connectivity index (χ2v) is 6.53. The average Bonchev–Trinajstić information content (AvgIpc) is 2.68. The lowest BCUT2D eigenvalue weighted by Gasteiger charge is -2.26. The Morgan fingerprint density at radius 2 is 1.91 bits per heavy atom. The smallest absolute Gasteiger partial charge is 0.272 e. The van der Waals surface area contributed by atoms with E-state index >= 15 is 0 Å². The van der Waals surface area contributed by atoms with Crippen LogP contribution in [0, 0.1) is 0 Å². The SMILES string of the molecule is CCn1nc2c(c1C(=O)N1CCCCCC1)C[C@H](C)O[C@@H]2C. The third kappa shape index (κ3) is 2.78. The summed E-state index contributed by atoms with van der Waals surface area (Å²) in [6.07, 6.45) is 5.60. The summed E-state index contributed by atoms with van der Waals surface area (Å²) in [6.45, 7) is 8.63. The van der Waals surface area contributed by atoms with E-state index in [4.69, 9.17) is 4.74 Å². The van der Waals surface area contributed by atoms with E-state index in [-0.39, 0.29) is 18.1 Å². The zero-order valence-electron chi connectivity index (χ0n) is 14.0. The molecule has 5 nitrogen and oxygen atoms in total. The fourth-order valence-electron chi connectivity index (χ4n) is 3.69. The Kier molecular flexibility index (Phi) is 4.52. The number of nitrogens with zero attached hydrogens (tertiary/aromatic N) is 3. The van der Waals surface area contributed by atoms with Gasteiger partial charge in [0.2, 0.25) is 0 Å². The van der Waals surface area contributed by atoms with Gasteiger partial charge in [0, 0.05) is 31.6 Å². The summed E-state index contributed by atoms with van der Waals surface area (Å²) in [5.74, 6) is 0.166. The lowest BCUT2D eigenvalue weighted by atomic mass is 9.99. The van der Waals surface area contributed by atoms with Crippen LogP contribution in [0.15, 0.2) is 0 Å². The minimum Gasteiger partial charge on any atom is -0.369 e. The molecule has 2 aliphatic heterocycles. The van der Waals surface area contributed by atoms with Crippen molar-refractivity contribution in [3.8, 4) is 0 Å². The predicted octanol–water partition coefficient (Wildman–Crippen LogP) is 2.94. The Labute approximate surface area is 132 Å². The molecule has 2 aliphatic rings. The van der Waals surface area contributed by atoms with Crippen molar-refractivity contribution in [1.82, 2.24) is 14.7 Å². The molecule has 0 aromatic carbocycles. The number of carbonyl (C=O) groups excluding carboxylic acids is 1. The highest BCUT2D eigenvalue weighted by atomic mass is 16.5. The van der Waals surface area contributed by atoms with Gasteiger partial charge < -0.3 is 9.64 Å². The van der Waals surface area contributed by atoms with Gasteiger partial charge in [0.1, 0.15) is 5.69 Å². The summed E-state index contributed by atoms with van der Waals surface area (Å²) in [6, 6.07) is 0. The van der Waals surface area contributed by atoms with Crippen molar-refractivity contribution in [3.05, 3.63) is 17.0 Å². The summed E-state index contributed by atoms with van der Waals surface area (Å²) in [5, 5.41) is 4.67. The number of likely N-dealkylation sites (tertiary alicyclic amines) is 1. The van der Waals surface area contributed by atoms with E-state index in [1.54, 1.807) is 0 Å². The van der Waals surface area contributed by atoms with Crippen molar-refractivity contribution in [2.24, 2.45) is 0 Å². The zero-order valence-corrected chi connectivity index (χ0v) is 14.0. The van der Waals surface area contributed by atoms with E-state index in [9.17, 15) is 4.79 Å². The predicted molar refractivity (Wildman–Crippen MR) is 84.9 cm³/mol. The topological polar surface area (TPSA) is 47.4 Å². The molecular weight excluding hydrogens is 278 g/mol. The van der Waals surface area contributed by atoms with Crippen LogP contribution in [0.1, 0.15) is 74.3 Å². The van der Waals surface area contributed by atoms with Crippen LogP contribution in [-0.2, 0) is 17.7 Å². The molecule has 22 heavy (non-hydrogen) atoms. The van der Waals surface area contributed by atoms with Gasteiger partial charge in [-0.25, -0.2) is 0 Å². The molecule has 0 radical (unpaired) electrons. The van der Waals surface area contributed by atoms with Crippen molar-refractivity contribution in [1.29, 1.82) is 0 Å². The van der Waals surface area contributed by atoms with Gasteiger partial charge in [-0.1, -0.05) is 12.8 Å². The molecule has 0 bridgehead atoms. The maximum atomic E-state index is 13.1. The molecule has 1 aromatic rings. The molecule has 2 atom stereocenters. The molecule has 3 rings (SSSR count). The third-order valence-corrected chi connectivity index (χ3v) is 4.79. The summed E-state index contributed by atoms with van der Waals surface area (Å²) < 4.78 is 7.75. The fraction of sp³-hybridized carbons (Fsp3) is 0.765. The molecular formula is C17H27N3O2. The number of fused-ring (bicyclic) bond motifs is 1. The van der Waals surface area contributed by atoms with Gasteiger partial charge in [-0.05, 0) is 33.6 Å². The molecule has 0 N–H and O–H groups in total. The summed E-state index contributed by atoms with van der Waals surface area (Å²) >= 11 is 0. The van der Waals surface area contributed by atoms with Crippen LogP contribution in [0.25, 0.3) is 0 Å². The van der Waals surface area contributed by atoms with Gasteiger partial charge in [0.05, 0.1) is 17.9 Å². The minimum atomic E-state index is -0.0257. The van der Waals surface area contributed by atoms with Crippen LogP contribution in [-0.4, -0.2) is 39.8 Å². The highest BCUT2D eigenvalue weighted by Crippen LogP contribution is 2.32. The summed E-state index contributed by atoms with van der Waals surface area (Å²) in [7, 11) is 0. The van der Waals surface area contributed by atoms with Gasteiger partial charge >= 0.3 is 0 Å². The van der Waals surface area contributed by atoms with Crippen molar-refractivity contribution < 1.29 is 9.53 Å². The van der Waals surface area contributed by atoms with Gasteiger partial charge in [-0.2, -0.15) is 5.10 Å². The number of rotatable bonds is 2. The zero-order chi connectivity index (χ0) is 15.7. The number of aromatic nitrogens is 2. The number of carbonyl (C=O) groups is 1. The van der Waals surface area contributed by atoms with E-state index in [0.29, 0.717) is 0 Å². The van der Waals surface area contributed by atoms with Crippen molar-refractivity contribution >= 4 is 5.91 Å². The summed E-state index contributed by atoms with van der Waals surface area (Å²) in [5.41, 5.74) is 2.88. The Bertz CT molecular complexity index is 544. The molecule has 0 aliphatic carbocycles. The number of hydrogen-bond acceptors (Lipinski definition) is 3. The second-order valence-electron chi connectivity index (χ2n) is 6.53. The number of hydrogen-bond donors (Lipinski definition) is 0. The normalized spacial score (nSPS) is 25.7. The third-order valence-electron chi connectivity index (χ3n) is 4.79. The molecule has 0 saturated carbocycles. The lowest BCUT2D eigenvalue weighted by molar-refractivity contribution is -0.00716. The van der Waals surface area contributed by atoms with E-state index < -0.39 is 0 Å². The molecule has 1 fully saturated rings. The van der Waals surface area contributed by atoms with Crippen molar-refractivity contribution in [2.45, 2.75) is 71.6 Å². The molecule has 5 heteroatoms. The maximum absolute atomic E-state index is 13.1. The van der Waals surface area contributed by atoms with E-state index in [1.165, 1.54) is 12.8 Å². The number of amides is 1. The van der Waals surface area contributed by atoms with Gasteiger partial charge in [-0.15, -0.1) is 0 Å². The number of ether oxygens (including phenoxy) is 1. The van der Waals surface area contributed by atoms with Crippen molar-refractivity contribution in [3.63, 3.8) is 0 Å². The quantitative estimate of drug-likeness (QED) is 0.844. The molecule has 1 amide bonds. The molecule has 122 valence electrons. The van der Waals surface area contributed by atoms with Gasteiger partial charge in [-0.3, -0.25) is 9.48 Å². The highest BCUT2D eigenvalue weighted by Gasteiger charge is 2.33. The van der Waals surface area contributed by atoms with Crippen LogP contribution in [0.4, 0.5) is 0 Å². The van der Waals surface area contributed by atoms with Crippen LogP contribution in [0.3, 0.4) is 0 Å². The molecule has 1 aromatic heterocycles. The average molecular weight is 305 g/mol. The molecule has 0 spiro atoms. The molecule has 1 saturated heterocycles. The standard InChI is InChI=1S/C17H27N3O2/c1-4-20-16(17(21)19-9-7-5-6-8-10-19)14-11-12(2)22-13(3)15(14)18-20/h12-13H,4-11H2,1-3H3/t12-,13+/m0/s1. The van der Waals surface area contributed by atoms with Crippen LogP contribution < -0.4 is 0 Å². The van der Waals surface area contributed by atoms with Crippen molar-refractivity contribution in [2.75, 3.05) is 13.1 Å². The van der Waals surface area contributed by atoms with Crippen LogP contribution in [0.5, 0.6) is 0 Å². The first-order valence-corrected chi connectivity index (χ1v) is 8.66. The first-order chi connectivity index (χ1) is 10.6. The maximum Gasteiger partial charge on any atom is 0.272 e. The number of aryl methyl sites for hydroxylation is 1. The Hall–Kier alpha value is -1.36. The Morgan fingerprint density at radius 1 is 1.23 bits per heavy atom. The first-order valence-electron chi connectivity index (χ1n) is 8.66. The monoisotopic (exact) mass is 305 g/mol. The van der Waals surface area contributed by atoms with Gasteiger partial charge in [0.25, 0.3) is 5.91 Å².